The Kier molecular flexibility index (Phi) is 4.55. The molecule has 1 heterocycles. The molecule has 2 amide bonds. The van der Waals surface area contributed by atoms with E-state index in [1.807, 2.05) is 12.1 Å². The molecule has 0 spiro atoms. The number of benzene rings is 2. The maximum atomic E-state index is 12.3. The molecule has 0 atom stereocenters. The standard InChI is InChI=1S/C16H11ClN2O4S/c17-10-1-4-12(5-2-10)24-8-7-18-15(20)13-6-3-11(19(22)23)9-14(13)16(18)21/h1-6,9H,7-8H2. The topological polar surface area (TPSA) is 80.5 Å². The maximum Gasteiger partial charge on any atom is 0.270 e. The Hall–Kier alpha value is -2.38. The molecular formula is C16H11ClN2O4S. The zero-order valence-electron chi connectivity index (χ0n) is 12.3. The Morgan fingerprint density at radius 2 is 1.71 bits per heavy atom. The summed E-state index contributed by atoms with van der Waals surface area (Å²) < 4.78 is 0. The highest BCUT2D eigenvalue weighted by molar-refractivity contribution is 7.99. The zero-order chi connectivity index (χ0) is 17.3. The number of halogens is 1. The van der Waals surface area contributed by atoms with Gasteiger partial charge < -0.3 is 0 Å². The van der Waals surface area contributed by atoms with E-state index in [4.69, 9.17) is 11.6 Å². The van der Waals surface area contributed by atoms with Gasteiger partial charge in [0.2, 0.25) is 0 Å². The van der Waals surface area contributed by atoms with E-state index in [1.54, 1.807) is 12.1 Å². The average molecular weight is 363 g/mol. The third-order valence-electron chi connectivity index (χ3n) is 3.56. The van der Waals surface area contributed by atoms with Crippen molar-refractivity contribution in [2.45, 2.75) is 4.90 Å². The lowest BCUT2D eigenvalue weighted by Crippen LogP contribution is -2.31. The van der Waals surface area contributed by atoms with E-state index in [9.17, 15) is 19.7 Å². The first kappa shape index (κ1) is 16.5. The number of hydrogen-bond donors (Lipinski definition) is 0. The van der Waals surface area contributed by atoms with Gasteiger partial charge in [0, 0.05) is 34.3 Å². The van der Waals surface area contributed by atoms with Crippen LogP contribution in [0.15, 0.2) is 47.4 Å². The molecule has 0 bridgehead atoms. The maximum absolute atomic E-state index is 12.3. The quantitative estimate of drug-likeness (QED) is 0.351. The van der Waals surface area contributed by atoms with Crippen molar-refractivity contribution >= 4 is 40.9 Å². The Balaban J connectivity index is 1.69. The van der Waals surface area contributed by atoms with Crippen molar-refractivity contribution in [2.75, 3.05) is 12.3 Å². The minimum absolute atomic E-state index is 0.0886. The number of rotatable bonds is 5. The first-order valence-corrected chi connectivity index (χ1v) is 8.37. The van der Waals surface area contributed by atoms with Gasteiger partial charge in [0.05, 0.1) is 16.1 Å². The van der Waals surface area contributed by atoms with Crippen LogP contribution in [0.4, 0.5) is 5.69 Å². The van der Waals surface area contributed by atoms with Crippen LogP contribution < -0.4 is 0 Å². The largest absolute Gasteiger partial charge is 0.273 e. The lowest BCUT2D eigenvalue weighted by atomic mass is 10.1. The van der Waals surface area contributed by atoms with Gasteiger partial charge in [-0.1, -0.05) is 11.6 Å². The van der Waals surface area contributed by atoms with Gasteiger partial charge in [-0.15, -0.1) is 11.8 Å². The van der Waals surface area contributed by atoms with Gasteiger partial charge in [-0.25, -0.2) is 0 Å². The Labute approximate surface area is 146 Å². The summed E-state index contributed by atoms with van der Waals surface area (Å²) in [5.74, 6) is -0.383. The van der Waals surface area contributed by atoms with Crippen LogP contribution in [-0.4, -0.2) is 33.9 Å². The van der Waals surface area contributed by atoms with E-state index < -0.39 is 16.7 Å². The first-order valence-electron chi connectivity index (χ1n) is 7.00. The van der Waals surface area contributed by atoms with Crippen molar-refractivity contribution in [3.63, 3.8) is 0 Å². The van der Waals surface area contributed by atoms with Crippen LogP contribution in [0.3, 0.4) is 0 Å². The summed E-state index contributed by atoms with van der Waals surface area (Å²) in [7, 11) is 0. The Morgan fingerprint density at radius 3 is 2.38 bits per heavy atom. The smallest absolute Gasteiger partial charge is 0.270 e. The number of imide groups is 1. The second-order valence-electron chi connectivity index (χ2n) is 5.05. The number of amides is 2. The monoisotopic (exact) mass is 362 g/mol. The SMILES string of the molecule is O=C1c2ccc([N+](=O)[O-])cc2C(=O)N1CCSc1ccc(Cl)cc1. The van der Waals surface area contributed by atoms with Gasteiger partial charge in [0.25, 0.3) is 17.5 Å². The van der Waals surface area contributed by atoms with Crippen molar-refractivity contribution in [2.24, 2.45) is 0 Å². The molecule has 1 aliphatic heterocycles. The molecule has 6 nitrogen and oxygen atoms in total. The third-order valence-corrected chi connectivity index (χ3v) is 4.81. The van der Waals surface area contributed by atoms with Crippen molar-refractivity contribution < 1.29 is 14.5 Å². The van der Waals surface area contributed by atoms with Crippen molar-refractivity contribution in [1.29, 1.82) is 0 Å². The van der Waals surface area contributed by atoms with Crippen LogP contribution in [0.1, 0.15) is 20.7 Å². The number of nitro groups is 1. The lowest BCUT2D eigenvalue weighted by molar-refractivity contribution is -0.384. The normalized spacial score (nSPS) is 13.3. The van der Waals surface area contributed by atoms with Crippen LogP contribution in [0.2, 0.25) is 5.02 Å². The van der Waals surface area contributed by atoms with E-state index in [0.717, 1.165) is 15.9 Å². The molecule has 0 saturated carbocycles. The van der Waals surface area contributed by atoms with E-state index >= 15 is 0 Å². The summed E-state index contributed by atoms with van der Waals surface area (Å²) in [6.07, 6.45) is 0. The number of hydrogen-bond acceptors (Lipinski definition) is 5. The molecule has 0 aromatic heterocycles. The summed E-state index contributed by atoms with van der Waals surface area (Å²) in [6, 6.07) is 11.0. The number of carbonyl (C=O) groups is 2. The molecule has 0 aliphatic carbocycles. The van der Waals surface area contributed by atoms with Gasteiger partial charge in [0.1, 0.15) is 0 Å². The molecule has 24 heavy (non-hydrogen) atoms. The number of non-ortho nitro benzene ring substituents is 1. The van der Waals surface area contributed by atoms with Crippen LogP contribution in [0.5, 0.6) is 0 Å². The molecule has 0 fully saturated rings. The molecule has 0 radical (unpaired) electrons. The van der Waals surface area contributed by atoms with Crippen LogP contribution in [0, 0.1) is 10.1 Å². The molecule has 0 saturated heterocycles. The number of fused-ring (bicyclic) bond motifs is 1. The number of nitrogens with zero attached hydrogens (tertiary/aromatic N) is 2. The molecule has 122 valence electrons. The first-order chi connectivity index (χ1) is 11.5. The molecule has 2 aromatic carbocycles. The summed E-state index contributed by atoms with van der Waals surface area (Å²) >= 11 is 7.31. The molecule has 8 heteroatoms. The second kappa shape index (κ2) is 6.62. The van der Waals surface area contributed by atoms with Crippen molar-refractivity contribution in [1.82, 2.24) is 4.90 Å². The molecule has 0 N–H and O–H groups in total. The Bertz CT molecular complexity index is 838. The average Bonchev–Trinajstić information content (AvgIpc) is 2.81. The minimum Gasteiger partial charge on any atom is -0.273 e. The van der Waals surface area contributed by atoms with E-state index in [1.165, 1.54) is 23.9 Å². The van der Waals surface area contributed by atoms with Gasteiger partial charge in [-0.3, -0.25) is 24.6 Å². The van der Waals surface area contributed by atoms with Crippen LogP contribution in [-0.2, 0) is 0 Å². The predicted octanol–water partition coefficient (Wildman–Crippen LogP) is 3.64. The van der Waals surface area contributed by atoms with Gasteiger partial charge in [-0.2, -0.15) is 0 Å². The number of nitro benzene ring substituents is 1. The molecule has 2 aromatic rings. The summed E-state index contributed by atoms with van der Waals surface area (Å²) in [6.45, 7) is 0.230. The van der Waals surface area contributed by atoms with E-state index in [0.29, 0.717) is 10.8 Å². The zero-order valence-corrected chi connectivity index (χ0v) is 13.8. The van der Waals surface area contributed by atoms with Crippen LogP contribution in [0.25, 0.3) is 0 Å². The lowest BCUT2D eigenvalue weighted by Gasteiger charge is -2.13. The van der Waals surface area contributed by atoms with E-state index in [-0.39, 0.29) is 23.4 Å². The number of thioether (sulfide) groups is 1. The van der Waals surface area contributed by atoms with Crippen molar-refractivity contribution in [3.05, 3.63) is 68.7 Å². The highest BCUT2D eigenvalue weighted by Crippen LogP contribution is 2.27. The van der Waals surface area contributed by atoms with Gasteiger partial charge in [0.15, 0.2) is 0 Å². The Morgan fingerprint density at radius 1 is 1.04 bits per heavy atom. The predicted molar refractivity (Wildman–Crippen MR) is 90.6 cm³/mol. The fourth-order valence-corrected chi connectivity index (χ4v) is 3.35. The van der Waals surface area contributed by atoms with Crippen LogP contribution >= 0.6 is 23.4 Å². The highest BCUT2D eigenvalue weighted by atomic mass is 35.5. The summed E-state index contributed by atoms with van der Waals surface area (Å²) in [5.41, 5.74) is 0.0973. The second-order valence-corrected chi connectivity index (χ2v) is 6.66. The molecule has 0 unspecified atom stereocenters. The molecule has 1 aliphatic rings. The van der Waals surface area contributed by atoms with Gasteiger partial charge in [-0.05, 0) is 30.3 Å². The van der Waals surface area contributed by atoms with Gasteiger partial charge >= 0.3 is 0 Å². The highest BCUT2D eigenvalue weighted by Gasteiger charge is 2.36. The summed E-state index contributed by atoms with van der Waals surface area (Å²) in [4.78, 5) is 36.9. The molecular weight excluding hydrogens is 352 g/mol. The summed E-state index contributed by atoms with van der Waals surface area (Å²) in [5, 5.41) is 11.4. The van der Waals surface area contributed by atoms with Crippen molar-refractivity contribution in [3.8, 4) is 0 Å². The number of carbonyl (C=O) groups excluding carboxylic acids is 2. The van der Waals surface area contributed by atoms with E-state index in [2.05, 4.69) is 0 Å². The fourth-order valence-electron chi connectivity index (χ4n) is 2.38. The third kappa shape index (κ3) is 3.13. The fraction of sp³-hybridized carbons (Fsp3) is 0.125. The molecule has 3 rings (SSSR count). The minimum atomic E-state index is -0.586.